The van der Waals surface area contributed by atoms with Gasteiger partial charge in [-0.3, -0.25) is 9.69 Å². The zero-order chi connectivity index (χ0) is 15.0. The summed E-state index contributed by atoms with van der Waals surface area (Å²) < 4.78 is 2.08. The quantitative estimate of drug-likeness (QED) is 0.946. The van der Waals surface area contributed by atoms with Gasteiger partial charge in [0, 0.05) is 12.1 Å². The van der Waals surface area contributed by atoms with E-state index in [2.05, 4.69) is 14.5 Å². The van der Waals surface area contributed by atoms with Gasteiger partial charge < -0.3 is 9.67 Å². The maximum atomic E-state index is 11.0. The lowest BCUT2D eigenvalue weighted by atomic mass is 9.97. The third-order valence-corrected chi connectivity index (χ3v) is 4.47. The maximum absolute atomic E-state index is 11.0. The number of halogens is 1. The van der Waals surface area contributed by atoms with Crippen LogP contribution in [0.15, 0.2) is 18.2 Å². The number of aryl methyl sites for hydroxylation is 1. The first kappa shape index (κ1) is 14.4. The summed E-state index contributed by atoms with van der Waals surface area (Å²) in [4.78, 5) is 17.9. The normalized spacial score (nSPS) is 17.4. The third-order valence-electron chi connectivity index (χ3n) is 4.24. The van der Waals surface area contributed by atoms with Gasteiger partial charge in [0.2, 0.25) is 0 Å². The molecule has 0 radical (unpaired) electrons. The lowest BCUT2D eigenvalue weighted by molar-refractivity contribution is -0.143. The van der Waals surface area contributed by atoms with Crippen molar-refractivity contribution in [3.63, 3.8) is 0 Å². The van der Waals surface area contributed by atoms with E-state index in [1.165, 1.54) is 0 Å². The van der Waals surface area contributed by atoms with Crippen LogP contribution in [0.1, 0.15) is 18.7 Å². The van der Waals surface area contributed by atoms with Gasteiger partial charge in [-0.15, -0.1) is 0 Å². The third kappa shape index (κ3) is 2.89. The van der Waals surface area contributed by atoms with Crippen LogP contribution in [0.2, 0.25) is 5.02 Å². The molecular weight excluding hydrogens is 290 g/mol. The second-order valence-electron chi connectivity index (χ2n) is 5.61. The van der Waals surface area contributed by atoms with Crippen molar-refractivity contribution < 1.29 is 9.90 Å². The van der Waals surface area contributed by atoms with Crippen molar-refractivity contribution in [3.8, 4) is 0 Å². The van der Waals surface area contributed by atoms with Crippen LogP contribution in [0.5, 0.6) is 0 Å². The average molecular weight is 308 g/mol. The van der Waals surface area contributed by atoms with Crippen molar-refractivity contribution in [2.45, 2.75) is 19.4 Å². The molecule has 0 aliphatic carbocycles. The standard InChI is InChI=1S/C15H18ClN3O2/c1-18-13-3-2-11(16)8-12(13)17-14(18)9-19-6-4-10(5-7-19)15(20)21/h2-3,8,10H,4-7,9H2,1H3,(H,20,21). The van der Waals surface area contributed by atoms with E-state index in [1.807, 2.05) is 25.2 Å². The van der Waals surface area contributed by atoms with E-state index in [1.54, 1.807) is 0 Å². The number of aliphatic carboxylic acids is 1. The first-order chi connectivity index (χ1) is 10.0. The van der Waals surface area contributed by atoms with Crippen molar-refractivity contribution in [3.05, 3.63) is 29.0 Å². The van der Waals surface area contributed by atoms with Crippen molar-refractivity contribution in [1.29, 1.82) is 0 Å². The second-order valence-corrected chi connectivity index (χ2v) is 6.05. The van der Waals surface area contributed by atoms with E-state index in [0.29, 0.717) is 17.9 Å². The minimum atomic E-state index is -0.674. The monoisotopic (exact) mass is 307 g/mol. The highest BCUT2D eigenvalue weighted by Crippen LogP contribution is 2.22. The molecule has 1 aliphatic rings. The number of likely N-dealkylation sites (tertiary alicyclic amines) is 1. The van der Waals surface area contributed by atoms with Crippen molar-refractivity contribution in [1.82, 2.24) is 14.5 Å². The highest BCUT2D eigenvalue weighted by molar-refractivity contribution is 6.31. The Bertz CT molecular complexity index is 675. The predicted octanol–water partition coefficient (Wildman–Crippen LogP) is 2.52. The van der Waals surface area contributed by atoms with Gasteiger partial charge in [0.15, 0.2) is 0 Å². The van der Waals surface area contributed by atoms with Gasteiger partial charge in [-0.1, -0.05) is 11.6 Å². The Morgan fingerprint density at radius 1 is 1.43 bits per heavy atom. The van der Waals surface area contributed by atoms with Gasteiger partial charge in [-0.2, -0.15) is 0 Å². The fraction of sp³-hybridized carbons (Fsp3) is 0.467. The minimum absolute atomic E-state index is 0.194. The van der Waals surface area contributed by atoms with E-state index >= 15 is 0 Å². The molecule has 21 heavy (non-hydrogen) atoms. The zero-order valence-corrected chi connectivity index (χ0v) is 12.7. The zero-order valence-electron chi connectivity index (χ0n) is 11.9. The molecule has 0 unspecified atom stereocenters. The largest absolute Gasteiger partial charge is 0.481 e. The molecule has 1 fully saturated rings. The Labute approximate surface area is 128 Å². The number of hydrogen-bond donors (Lipinski definition) is 1. The molecule has 0 bridgehead atoms. The van der Waals surface area contributed by atoms with E-state index < -0.39 is 5.97 Å². The van der Waals surface area contributed by atoms with Crippen LogP contribution in [0.4, 0.5) is 0 Å². The summed E-state index contributed by atoms with van der Waals surface area (Å²) >= 11 is 6.00. The molecule has 6 heteroatoms. The van der Waals surface area contributed by atoms with Gasteiger partial charge in [-0.25, -0.2) is 4.98 Å². The molecule has 0 atom stereocenters. The van der Waals surface area contributed by atoms with Crippen LogP contribution < -0.4 is 0 Å². The molecular formula is C15H18ClN3O2. The number of fused-ring (bicyclic) bond motifs is 1. The summed E-state index contributed by atoms with van der Waals surface area (Å²) in [6, 6.07) is 5.72. The average Bonchev–Trinajstić information content (AvgIpc) is 2.75. The molecule has 112 valence electrons. The molecule has 2 aromatic rings. The number of carbonyl (C=O) groups is 1. The summed E-state index contributed by atoms with van der Waals surface area (Å²) in [6.07, 6.45) is 1.43. The Morgan fingerprint density at radius 2 is 2.14 bits per heavy atom. The Kier molecular flexibility index (Phi) is 3.87. The number of hydrogen-bond acceptors (Lipinski definition) is 3. The number of rotatable bonds is 3. The van der Waals surface area contributed by atoms with E-state index in [0.717, 1.165) is 36.5 Å². The molecule has 1 aliphatic heterocycles. The van der Waals surface area contributed by atoms with Crippen molar-refractivity contribution >= 4 is 28.6 Å². The van der Waals surface area contributed by atoms with Crippen LogP contribution in [-0.4, -0.2) is 38.6 Å². The molecule has 2 heterocycles. The van der Waals surface area contributed by atoms with Gasteiger partial charge >= 0.3 is 5.97 Å². The van der Waals surface area contributed by atoms with E-state index in [-0.39, 0.29) is 5.92 Å². The summed E-state index contributed by atoms with van der Waals surface area (Å²) in [5.74, 6) is 0.119. The summed E-state index contributed by atoms with van der Waals surface area (Å²) in [5.41, 5.74) is 1.97. The summed E-state index contributed by atoms with van der Waals surface area (Å²) in [7, 11) is 2.00. The smallest absolute Gasteiger partial charge is 0.306 e. The number of carboxylic acids is 1. The molecule has 0 saturated carbocycles. The molecule has 0 spiro atoms. The van der Waals surface area contributed by atoms with Crippen LogP contribution in [0.25, 0.3) is 11.0 Å². The lowest BCUT2D eigenvalue weighted by Crippen LogP contribution is -2.36. The second kappa shape index (κ2) is 5.66. The summed E-state index contributed by atoms with van der Waals surface area (Å²) in [6.45, 7) is 2.36. The topological polar surface area (TPSA) is 58.4 Å². The van der Waals surface area contributed by atoms with Gasteiger partial charge in [0.1, 0.15) is 5.82 Å². The van der Waals surface area contributed by atoms with Crippen molar-refractivity contribution in [2.24, 2.45) is 13.0 Å². The Hall–Kier alpha value is -1.59. The lowest BCUT2D eigenvalue weighted by Gasteiger charge is -2.29. The molecule has 1 aromatic heterocycles. The van der Waals surface area contributed by atoms with E-state index in [4.69, 9.17) is 16.7 Å². The van der Waals surface area contributed by atoms with Crippen LogP contribution in [0, 0.1) is 5.92 Å². The molecule has 1 aromatic carbocycles. The fourth-order valence-corrected chi connectivity index (χ4v) is 3.07. The van der Waals surface area contributed by atoms with Crippen LogP contribution >= 0.6 is 11.6 Å². The molecule has 1 saturated heterocycles. The maximum Gasteiger partial charge on any atom is 0.306 e. The van der Waals surface area contributed by atoms with Gasteiger partial charge in [-0.05, 0) is 44.1 Å². The predicted molar refractivity (Wildman–Crippen MR) is 81.4 cm³/mol. The number of nitrogens with zero attached hydrogens (tertiary/aromatic N) is 3. The van der Waals surface area contributed by atoms with E-state index in [9.17, 15) is 4.79 Å². The van der Waals surface area contributed by atoms with Crippen LogP contribution in [0.3, 0.4) is 0 Å². The van der Waals surface area contributed by atoms with Crippen molar-refractivity contribution in [2.75, 3.05) is 13.1 Å². The number of aromatic nitrogens is 2. The SMILES string of the molecule is Cn1c(CN2CCC(C(=O)O)CC2)nc2cc(Cl)ccc21. The molecule has 3 rings (SSSR count). The summed E-state index contributed by atoms with van der Waals surface area (Å²) in [5, 5.41) is 9.72. The van der Waals surface area contributed by atoms with Gasteiger partial charge in [0.25, 0.3) is 0 Å². The number of carboxylic acid groups (broad SMARTS) is 1. The fourth-order valence-electron chi connectivity index (χ4n) is 2.90. The number of piperidine rings is 1. The first-order valence-corrected chi connectivity index (χ1v) is 7.48. The first-order valence-electron chi connectivity index (χ1n) is 7.10. The van der Waals surface area contributed by atoms with Crippen LogP contribution in [-0.2, 0) is 18.4 Å². The molecule has 0 amide bonds. The number of imidazole rings is 1. The highest BCUT2D eigenvalue weighted by atomic mass is 35.5. The molecule has 5 nitrogen and oxygen atoms in total. The minimum Gasteiger partial charge on any atom is -0.481 e. The molecule has 1 N–H and O–H groups in total. The van der Waals surface area contributed by atoms with Gasteiger partial charge in [0.05, 0.1) is 23.5 Å². The Balaban J connectivity index is 1.74. The highest BCUT2D eigenvalue weighted by Gasteiger charge is 2.25. The number of benzene rings is 1. The Morgan fingerprint density at radius 3 is 2.81 bits per heavy atom.